The predicted octanol–water partition coefficient (Wildman–Crippen LogP) is 2.91. The van der Waals surface area contributed by atoms with Crippen molar-refractivity contribution in [3.63, 3.8) is 0 Å². The molecule has 0 unspecified atom stereocenters. The maximum Gasteiger partial charge on any atom is 0.142 e. The minimum Gasteiger partial charge on any atom is -0.495 e. The van der Waals surface area contributed by atoms with E-state index in [2.05, 4.69) is 25.8 Å². The van der Waals surface area contributed by atoms with Gasteiger partial charge in [0.25, 0.3) is 0 Å². The highest BCUT2D eigenvalue weighted by atomic mass is 79.9. The Morgan fingerprint density at radius 1 is 1.53 bits per heavy atom. The number of hydrogen-bond donors (Lipinski definition) is 0. The van der Waals surface area contributed by atoms with Crippen LogP contribution in [0.5, 0.6) is 5.75 Å². The van der Waals surface area contributed by atoms with Crippen molar-refractivity contribution in [2.45, 2.75) is 13.0 Å². The quantitative estimate of drug-likeness (QED) is 0.858. The minimum atomic E-state index is -0.0552. The van der Waals surface area contributed by atoms with E-state index < -0.39 is 0 Å². The summed E-state index contributed by atoms with van der Waals surface area (Å²) < 4.78 is 19.3. The fraction of sp³-hybridized carbons (Fsp3) is 0.417. The third kappa shape index (κ3) is 3.04. The first-order valence-electron chi connectivity index (χ1n) is 5.44. The van der Waals surface area contributed by atoms with Crippen molar-refractivity contribution in [1.29, 1.82) is 0 Å². The molecular formula is C12H14BrFN2O. The molecule has 5 heteroatoms. The van der Waals surface area contributed by atoms with Crippen molar-refractivity contribution in [3.8, 4) is 5.75 Å². The molecule has 0 spiro atoms. The number of hydrogen-bond acceptors (Lipinski definition) is 3. The molecule has 1 aromatic rings. The van der Waals surface area contributed by atoms with Crippen molar-refractivity contribution in [3.05, 3.63) is 34.3 Å². The van der Waals surface area contributed by atoms with Crippen LogP contribution in [0.3, 0.4) is 0 Å². The van der Waals surface area contributed by atoms with Crippen LogP contribution >= 0.6 is 15.9 Å². The number of aromatic nitrogens is 1. The monoisotopic (exact) mass is 300 g/mol. The largest absolute Gasteiger partial charge is 0.495 e. The molecule has 0 saturated heterocycles. The average Bonchev–Trinajstić information content (AvgIpc) is 2.32. The van der Waals surface area contributed by atoms with Crippen LogP contribution in [0.1, 0.15) is 12.0 Å². The first-order chi connectivity index (χ1) is 8.20. The Kier molecular flexibility index (Phi) is 4.12. The van der Waals surface area contributed by atoms with Crippen molar-refractivity contribution in [2.24, 2.45) is 0 Å². The SMILES string of the molecule is COc1cncc(Br)c1CN1CCC=C(F)C1. The zero-order valence-electron chi connectivity index (χ0n) is 9.62. The fourth-order valence-electron chi connectivity index (χ4n) is 1.89. The minimum absolute atomic E-state index is 0.0552. The third-order valence-electron chi connectivity index (χ3n) is 2.75. The molecular weight excluding hydrogens is 287 g/mol. The maximum absolute atomic E-state index is 13.2. The van der Waals surface area contributed by atoms with Gasteiger partial charge in [-0.25, -0.2) is 4.39 Å². The highest BCUT2D eigenvalue weighted by Gasteiger charge is 2.16. The Labute approximate surface area is 108 Å². The summed E-state index contributed by atoms with van der Waals surface area (Å²) in [6, 6.07) is 0. The normalized spacial score (nSPS) is 16.8. The van der Waals surface area contributed by atoms with Gasteiger partial charge in [0.15, 0.2) is 0 Å². The molecule has 1 aliphatic heterocycles. The summed E-state index contributed by atoms with van der Waals surface area (Å²) in [4.78, 5) is 6.10. The van der Waals surface area contributed by atoms with E-state index in [1.807, 2.05) is 0 Å². The van der Waals surface area contributed by atoms with Crippen molar-refractivity contribution in [2.75, 3.05) is 20.2 Å². The summed E-state index contributed by atoms with van der Waals surface area (Å²) in [5.74, 6) is 0.676. The Morgan fingerprint density at radius 3 is 3.06 bits per heavy atom. The van der Waals surface area contributed by atoms with Crippen LogP contribution in [0, 0.1) is 0 Å². The number of rotatable bonds is 3. The highest BCUT2D eigenvalue weighted by Crippen LogP contribution is 2.27. The van der Waals surface area contributed by atoms with Crippen molar-refractivity contribution >= 4 is 15.9 Å². The lowest BCUT2D eigenvalue weighted by Crippen LogP contribution is -2.28. The van der Waals surface area contributed by atoms with Gasteiger partial charge in [0.2, 0.25) is 0 Å². The topological polar surface area (TPSA) is 25.4 Å². The highest BCUT2D eigenvalue weighted by molar-refractivity contribution is 9.10. The maximum atomic E-state index is 13.2. The van der Waals surface area contributed by atoms with Gasteiger partial charge in [-0.2, -0.15) is 0 Å². The molecule has 0 atom stereocenters. The first-order valence-corrected chi connectivity index (χ1v) is 6.23. The molecule has 0 aliphatic carbocycles. The van der Waals surface area contributed by atoms with Gasteiger partial charge >= 0.3 is 0 Å². The van der Waals surface area contributed by atoms with Crippen LogP contribution in [-0.4, -0.2) is 30.1 Å². The van der Waals surface area contributed by atoms with Gasteiger partial charge in [0.1, 0.15) is 11.6 Å². The van der Waals surface area contributed by atoms with E-state index in [0.717, 1.165) is 28.8 Å². The molecule has 1 aliphatic rings. The molecule has 2 heterocycles. The van der Waals surface area contributed by atoms with Crippen LogP contribution in [0.4, 0.5) is 4.39 Å². The van der Waals surface area contributed by atoms with Gasteiger partial charge in [-0.05, 0) is 22.4 Å². The van der Waals surface area contributed by atoms with Crippen LogP contribution in [-0.2, 0) is 6.54 Å². The molecule has 0 aromatic carbocycles. The fourth-order valence-corrected chi connectivity index (χ4v) is 2.33. The van der Waals surface area contributed by atoms with Gasteiger partial charge in [-0.3, -0.25) is 9.88 Å². The zero-order valence-corrected chi connectivity index (χ0v) is 11.2. The van der Waals surface area contributed by atoms with E-state index in [4.69, 9.17) is 4.74 Å². The number of nitrogens with zero attached hydrogens (tertiary/aromatic N) is 2. The molecule has 17 heavy (non-hydrogen) atoms. The van der Waals surface area contributed by atoms with Gasteiger partial charge in [-0.15, -0.1) is 0 Å². The molecule has 92 valence electrons. The standard InChI is InChI=1S/C12H14BrFN2O/c1-17-12-6-15-5-11(13)10(12)8-16-4-2-3-9(14)7-16/h3,5-6H,2,4,7-8H2,1H3. The summed E-state index contributed by atoms with van der Waals surface area (Å²) in [6.45, 7) is 1.90. The molecule has 0 bridgehead atoms. The molecule has 0 fully saturated rings. The molecule has 0 radical (unpaired) electrons. The van der Waals surface area contributed by atoms with Gasteiger partial charge in [0, 0.05) is 29.3 Å². The van der Waals surface area contributed by atoms with Gasteiger partial charge in [0.05, 0.1) is 19.9 Å². The lowest BCUT2D eigenvalue weighted by atomic mass is 10.2. The molecule has 0 N–H and O–H groups in total. The van der Waals surface area contributed by atoms with E-state index in [1.165, 1.54) is 0 Å². The Balaban J connectivity index is 2.15. The molecule has 0 amide bonds. The first kappa shape index (κ1) is 12.5. The van der Waals surface area contributed by atoms with Crippen LogP contribution in [0.25, 0.3) is 0 Å². The smallest absolute Gasteiger partial charge is 0.142 e. The second kappa shape index (κ2) is 5.60. The number of halogens is 2. The molecule has 3 nitrogen and oxygen atoms in total. The summed E-state index contributed by atoms with van der Waals surface area (Å²) in [5.41, 5.74) is 1.01. The second-order valence-electron chi connectivity index (χ2n) is 3.95. The third-order valence-corrected chi connectivity index (χ3v) is 3.44. The molecule has 1 aromatic heterocycles. The summed E-state index contributed by atoms with van der Waals surface area (Å²) in [6.07, 6.45) is 5.82. The summed E-state index contributed by atoms with van der Waals surface area (Å²) in [7, 11) is 1.61. The van der Waals surface area contributed by atoms with E-state index in [0.29, 0.717) is 13.1 Å². The number of methoxy groups -OCH3 is 1. The molecule has 2 rings (SSSR count). The van der Waals surface area contributed by atoms with E-state index >= 15 is 0 Å². The summed E-state index contributed by atoms with van der Waals surface area (Å²) in [5, 5.41) is 0. The number of ether oxygens (including phenoxy) is 1. The summed E-state index contributed by atoms with van der Waals surface area (Å²) >= 11 is 3.45. The van der Waals surface area contributed by atoms with Crippen molar-refractivity contribution < 1.29 is 9.13 Å². The average molecular weight is 301 g/mol. The zero-order chi connectivity index (χ0) is 12.3. The molecule has 0 saturated carbocycles. The second-order valence-corrected chi connectivity index (χ2v) is 4.81. The van der Waals surface area contributed by atoms with E-state index in [-0.39, 0.29) is 5.83 Å². The Bertz CT molecular complexity index is 437. The van der Waals surface area contributed by atoms with Gasteiger partial charge < -0.3 is 4.74 Å². The van der Waals surface area contributed by atoms with Gasteiger partial charge in [-0.1, -0.05) is 6.08 Å². The van der Waals surface area contributed by atoms with Crippen LogP contribution in [0.2, 0.25) is 0 Å². The lowest BCUT2D eigenvalue weighted by molar-refractivity contribution is 0.254. The lowest BCUT2D eigenvalue weighted by Gasteiger charge is -2.25. The number of pyridine rings is 1. The Hall–Kier alpha value is -0.940. The van der Waals surface area contributed by atoms with E-state index in [9.17, 15) is 4.39 Å². The van der Waals surface area contributed by atoms with Crippen LogP contribution < -0.4 is 4.74 Å². The Morgan fingerprint density at radius 2 is 2.35 bits per heavy atom. The predicted molar refractivity (Wildman–Crippen MR) is 67.6 cm³/mol. The van der Waals surface area contributed by atoms with E-state index in [1.54, 1.807) is 25.6 Å². The van der Waals surface area contributed by atoms with Crippen molar-refractivity contribution in [1.82, 2.24) is 9.88 Å². The van der Waals surface area contributed by atoms with Crippen LogP contribution in [0.15, 0.2) is 28.8 Å².